The number of rotatable bonds is 4. The number of aromatic nitrogens is 1. The molecule has 114 valence electrons. The third kappa shape index (κ3) is 3.74. The fourth-order valence-electron chi connectivity index (χ4n) is 2.08. The third-order valence-electron chi connectivity index (χ3n) is 3.12. The van der Waals surface area contributed by atoms with Gasteiger partial charge in [0.2, 0.25) is 0 Å². The van der Waals surface area contributed by atoms with Crippen LogP contribution in [0.4, 0.5) is 18.9 Å². The van der Waals surface area contributed by atoms with Crippen molar-refractivity contribution in [1.82, 2.24) is 4.98 Å². The quantitative estimate of drug-likeness (QED) is 0.938. The van der Waals surface area contributed by atoms with E-state index in [0.717, 1.165) is 16.8 Å². The smallest absolute Gasteiger partial charge is 0.369 e. The lowest BCUT2D eigenvalue weighted by molar-refractivity contribution is -0.138. The summed E-state index contributed by atoms with van der Waals surface area (Å²) in [6, 6.07) is 4.03. The number of hydrogen-bond acceptors (Lipinski definition) is 4. The van der Waals surface area contributed by atoms with Crippen LogP contribution in [-0.4, -0.2) is 12.0 Å². The molecule has 3 nitrogen and oxygen atoms in total. The lowest BCUT2D eigenvalue weighted by Gasteiger charge is -2.21. The van der Waals surface area contributed by atoms with Crippen LogP contribution in [0.25, 0.3) is 0 Å². The van der Waals surface area contributed by atoms with Crippen LogP contribution in [0.15, 0.2) is 23.6 Å². The number of benzene rings is 1. The maximum Gasteiger partial charge on any atom is 0.416 e. The molecule has 0 bridgehead atoms. The van der Waals surface area contributed by atoms with Crippen molar-refractivity contribution in [3.05, 3.63) is 45.4 Å². The molecular weight excluding hydrogens is 299 g/mol. The van der Waals surface area contributed by atoms with Crippen LogP contribution < -0.4 is 10.6 Å². The van der Waals surface area contributed by atoms with Gasteiger partial charge < -0.3 is 10.6 Å². The topological polar surface area (TPSA) is 42.2 Å². The second-order valence-electron chi connectivity index (χ2n) is 4.76. The van der Waals surface area contributed by atoms with Crippen molar-refractivity contribution in [3.63, 3.8) is 0 Å². The van der Waals surface area contributed by atoms with Gasteiger partial charge in [-0.2, -0.15) is 13.2 Å². The van der Waals surface area contributed by atoms with E-state index in [1.54, 1.807) is 11.3 Å². The van der Waals surface area contributed by atoms with E-state index in [1.807, 2.05) is 24.3 Å². The molecule has 0 unspecified atom stereocenters. The van der Waals surface area contributed by atoms with Crippen molar-refractivity contribution < 1.29 is 13.2 Å². The van der Waals surface area contributed by atoms with Crippen LogP contribution in [0.2, 0.25) is 0 Å². The fourth-order valence-corrected chi connectivity index (χ4v) is 2.68. The van der Waals surface area contributed by atoms with Crippen molar-refractivity contribution >= 4 is 17.0 Å². The molecule has 0 aliphatic heterocycles. The highest BCUT2D eigenvalue weighted by Gasteiger charge is 2.33. The molecule has 0 aliphatic carbocycles. The van der Waals surface area contributed by atoms with E-state index >= 15 is 0 Å². The van der Waals surface area contributed by atoms with Crippen LogP contribution in [-0.2, 0) is 19.3 Å². The molecule has 0 radical (unpaired) electrons. The van der Waals surface area contributed by atoms with Gasteiger partial charge >= 0.3 is 6.18 Å². The number of nitrogens with zero attached hydrogens (tertiary/aromatic N) is 2. The molecule has 7 heteroatoms. The van der Waals surface area contributed by atoms with Gasteiger partial charge in [0.15, 0.2) is 0 Å². The maximum absolute atomic E-state index is 12.8. The molecule has 0 amide bonds. The number of anilines is 1. The normalized spacial score (nSPS) is 11.7. The van der Waals surface area contributed by atoms with Crippen LogP contribution in [0.3, 0.4) is 0 Å². The van der Waals surface area contributed by atoms with E-state index in [4.69, 9.17) is 5.73 Å². The minimum Gasteiger partial charge on any atom is -0.369 e. The summed E-state index contributed by atoms with van der Waals surface area (Å²) in [6.07, 6.45) is -4.38. The number of nitrogens with two attached hydrogens (primary N) is 1. The standard InChI is InChI=1S/C14H16F3N3S/c1-9-19-11(8-21-9)7-20(2)12-3-4-13(14(15,16)17)10(5-12)6-18/h3-5,8H,6-7,18H2,1-2H3. The van der Waals surface area contributed by atoms with Gasteiger partial charge in [-0.25, -0.2) is 4.98 Å². The average molecular weight is 315 g/mol. The van der Waals surface area contributed by atoms with Crippen LogP contribution in [0, 0.1) is 6.92 Å². The van der Waals surface area contributed by atoms with Crippen molar-refractivity contribution in [2.45, 2.75) is 26.2 Å². The minimum absolute atomic E-state index is 0.0984. The molecular formula is C14H16F3N3S. The monoisotopic (exact) mass is 315 g/mol. The number of thiazole rings is 1. The molecule has 0 spiro atoms. The van der Waals surface area contributed by atoms with Gasteiger partial charge in [0.05, 0.1) is 22.8 Å². The maximum atomic E-state index is 12.8. The lowest BCUT2D eigenvalue weighted by Crippen LogP contribution is -2.18. The zero-order valence-electron chi connectivity index (χ0n) is 11.7. The molecule has 0 atom stereocenters. The average Bonchev–Trinajstić information content (AvgIpc) is 2.82. The van der Waals surface area contributed by atoms with Gasteiger partial charge in [0.1, 0.15) is 0 Å². The van der Waals surface area contributed by atoms with E-state index in [1.165, 1.54) is 12.1 Å². The summed E-state index contributed by atoms with van der Waals surface area (Å²) in [7, 11) is 1.82. The Hall–Kier alpha value is -1.60. The Morgan fingerprint density at radius 3 is 2.57 bits per heavy atom. The zero-order chi connectivity index (χ0) is 15.6. The predicted octanol–water partition coefficient (Wildman–Crippen LogP) is 3.57. The Morgan fingerprint density at radius 1 is 1.33 bits per heavy atom. The summed E-state index contributed by atoms with van der Waals surface area (Å²) in [4.78, 5) is 6.20. The Bertz CT molecular complexity index is 622. The van der Waals surface area contributed by atoms with Gasteiger partial charge in [-0.15, -0.1) is 11.3 Å². The SMILES string of the molecule is Cc1nc(CN(C)c2ccc(C(F)(F)F)c(CN)c2)cs1. The Morgan fingerprint density at radius 2 is 2.05 bits per heavy atom. The summed E-state index contributed by atoms with van der Waals surface area (Å²) in [5.41, 5.74) is 6.45. The molecule has 0 aliphatic rings. The number of hydrogen-bond donors (Lipinski definition) is 1. The second kappa shape index (κ2) is 6.03. The second-order valence-corrected chi connectivity index (χ2v) is 5.82. The highest BCUT2D eigenvalue weighted by molar-refractivity contribution is 7.09. The van der Waals surface area contributed by atoms with Crippen molar-refractivity contribution in [2.24, 2.45) is 5.73 Å². The first-order valence-corrected chi connectivity index (χ1v) is 7.21. The molecule has 1 heterocycles. The van der Waals surface area contributed by atoms with E-state index in [2.05, 4.69) is 4.98 Å². The van der Waals surface area contributed by atoms with Gasteiger partial charge in [-0.1, -0.05) is 0 Å². The van der Waals surface area contributed by atoms with Crippen LogP contribution in [0.1, 0.15) is 21.8 Å². The minimum atomic E-state index is -4.38. The van der Waals surface area contributed by atoms with Gasteiger partial charge in [0, 0.05) is 24.7 Å². The number of alkyl halides is 3. The van der Waals surface area contributed by atoms with E-state index in [0.29, 0.717) is 12.2 Å². The summed E-state index contributed by atoms with van der Waals surface area (Å²) >= 11 is 1.55. The Labute approximate surface area is 125 Å². The van der Waals surface area contributed by atoms with Crippen molar-refractivity contribution in [3.8, 4) is 0 Å². The van der Waals surface area contributed by atoms with Crippen LogP contribution >= 0.6 is 11.3 Å². The summed E-state index contributed by atoms with van der Waals surface area (Å²) in [5.74, 6) is 0. The molecule has 2 aromatic rings. The molecule has 0 saturated heterocycles. The largest absolute Gasteiger partial charge is 0.416 e. The molecule has 1 aromatic heterocycles. The highest BCUT2D eigenvalue weighted by Crippen LogP contribution is 2.34. The van der Waals surface area contributed by atoms with Gasteiger partial charge in [-0.05, 0) is 30.7 Å². The summed E-state index contributed by atoms with van der Waals surface area (Å²) in [6.45, 7) is 2.31. The predicted molar refractivity (Wildman–Crippen MR) is 78.3 cm³/mol. The summed E-state index contributed by atoms with van der Waals surface area (Å²) < 4.78 is 38.5. The first-order chi connectivity index (χ1) is 9.81. The van der Waals surface area contributed by atoms with E-state index < -0.39 is 11.7 Å². The fraction of sp³-hybridized carbons (Fsp3) is 0.357. The van der Waals surface area contributed by atoms with Gasteiger partial charge in [0.25, 0.3) is 0 Å². The van der Waals surface area contributed by atoms with E-state index in [9.17, 15) is 13.2 Å². The molecule has 0 saturated carbocycles. The van der Waals surface area contributed by atoms with Gasteiger partial charge in [-0.3, -0.25) is 0 Å². The highest BCUT2D eigenvalue weighted by atomic mass is 32.1. The Balaban J connectivity index is 2.24. The first-order valence-electron chi connectivity index (χ1n) is 6.33. The number of halogens is 3. The number of aryl methyl sites for hydroxylation is 1. The molecule has 21 heavy (non-hydrogen) atoms. The van der Waals surface area contributed by atoms with Crippen molar-refractivity contribution in [1.29, 1.82) is 0 Å². The molecule has 0 fully saturated rings. The van der Waals surface area contributed by atoms with E-state index in [-0.39, 0.29) is 12.1 Å². The third-order valence-corrected chi connectivity index (χ3v) is 3.94. The molecule has 2 rings (SSSR count). The Kier molecular flexibility index (Phi) is 4.53. The zero-order valence-corrected chi connectivity index (χ0v) is 12.6. The van der Waals surface area contributed by atoms with Crippen molar-refractivity contribution in [2.75, 3.05) is 11.9 Å². The lowest BCUT2D eigenvalue weighted by atomic mass is 10.1. The van der Waals surface area contributed by atoms with Crippen LogP contribution in [0.5, 0.6) is 0 Å². The molecule has 1 aromatic carbocycles. The summed E-state index contributed by atoms with van der Waals surface area (Å²) in [5, 5.41) is 2.91. The molecule has 2 N–H and O–H groups in total. The first kappa shape index (κ1) is 15.8.